The molecule has 2 rings (SSSR count). The Morgan fingerprint density at radius 1 is 1.09 bits per heavy atom. The van der Waals surface area contributed by atoms with Gasteiger partial charge >= 0.3 is 6.03 Å². The zero-order valence-electron chi connectivity index (χ0n) is 12.1. The first-order chi connectivity index (χ1) is 11.0. The van der Waals surface area contributed by atoms with Crippen molar-refractivity contribution in [3.8, 4) is 0 Å². The van der Waals surface area contributed by atoms with E-state index in [1.165, 1.54) is 0 Å². The van der Waals surface area contributed by atoms with Crippen molar-refractivity contribution in [2.75, 3.05) is 11.9 Å². The highest BCUT2D eigenvalue weighted by atomic mass is 35.5. The number of halogens is 3. The second-order valence-corrected chi connectivity index (χ2v) is 5.29. The summed E-state index contributed by atoms with van der Waals surface area (Å²) >= 11 is 5.51. The maximum absolute atomic E-state index is 13.5. The SMILES string of the molecule is O=C(NCCc1ccc(CO)cc1)Nc1c(F)cc(Cl)cc1F. The number of hydrogen-bond acceptors (Lipinski definition) is 2. The van der Waals surface area contributed by atoms with Gasteiger partial charge in [0.15, 0.2) is 11.6 Å². The summed E-state index contributed by atoms with van der Waals surface area (Å²) in [5.41, 5.74) is 1.22. The molecule has 0 aliphatic carbocycles. The number of urea groups is 1. The van der Waals surface area contributed by atoms with Gasteiger partial charge in [-0.1, -0.05) is 35.9 Å². The molecule has 4 nitrogen and oxygen atoms in total. The lowest BCUT2D eigenvalue weighted by molar-refractivity contribution is 0.252. The number of hydrogen-bond donors (Lipinski definition) is 3. The number of aliphatic hydroxyl groups excluding tert-OH is 1. The molecule has 0 aromatic heterocycles. The summed E-state index contributed by atoms with van der Waals surface area (Å²) < 4.78 is 27.1. The molecule has 23 heavy (non-hydrogen) atoms. The summed E-state index contributed by atoms with van der Waals surface area (Å²) in [6, 6.07) is 8.37. The van der Waals surface area contributed by atoms with Gasteiger partial charge in [-0.2, -0.15) is 0 Å². The molecule has 7 heteroatoms. The zero-order chi connectivity index (χ0) is 16.8. The van der Waals surface area contributed by atoms with E-state index in [-0.39, 0.29) is 11.6 Å². The molecule has 2 amide bonds. The summed E-state index contributed by atoms with van der Waals surface area (Å²) in [5, 5.41) is 13.5. The fourth-order valence-electron chi connectivity index (χ4n) is 1.95. The van der Waals surface area contributed by atoms with Crippen LogP contribution in [0.5, 0.6) is 0 Å². The summed E-state index contributed by atoms with van der Waals surface area (Å²) in [6.07, 6.45) is 0.546. The normalized spacial score (nSPS) is 10.4. The third kappa shape index (κ3) is 4.91. The molecule has 2 aromatic rings. The number of anilines is 1. The van der Waals surface area contributed by atoms with E-state index in [1.54, 1.807) is 12.1 Å². The molecule has 0 unspecified atom stereocenters. The van der Waals surface area contributed by atoms with Crippen LogP contribution in [0.25, 0.3) is 0 Å². The van der Waals surface area contributed by atoms with Crippen LogP contribution in [0.3, 0.4) is 0 Å². The molecular weight excluding hydrogens is 326 g/mol. The molecule has 0 fully saturated rings. The highest BCUT2D eigenvalue weighted by Gasteiger charge is 2.13. The Balaban J connectivity index is 1.85. The second kappa shape index (κ2) is 7.89. The topological polar surface area (TPSA) is 61.4 Å². The maximum atomic E-state index is 13.5. The van der Waals surface area contributed by atoms with E-state index in [0.717, 1.165) is 23.3 Å². The van der Waals surface area contributed by atoms with Crippen LogP contribution in [-0.2, 0) is 13.0 Å². The molecule has 0 saturated carbocycles. The number of amides is 2. The molecule has 122 valence electrons. The van der Waals surface area contributed by atoms with Crippen molar-refractivity contribution >= 4 is 23.3 Å². The van der Waals surface area contributed by atoms with Gasteiger partial charge in [0.05, 0.1) is 6.61 Å². The van der Waals surface area contributed by atoms with Crippen LogP contribution in [-0.4, -0.2) is 17.7 Å². The van der Waals surface area contributed by atoms with Crippen molar-refractivity contribution in [2.24, 2.45) is 0 Å². The van der Waals surface area contributed by atoms with E-state index in [2.05, 4.69) is 10.6 Å². The largest absolute Gasteiger partial charge is 0.392 e. The lowest BCUT2D eigenvalue weighted by Crippen LogP contribution is -2.31. The first-order valence-electron chi connectivity index (χ1n) is 6.87. The number of carbonyl (C=O) groups excluding carboxylic acids is 1. The Labute approximate surface area is 137 Å². The van der Waals surface area contributed by atoms with Gasteiger partial charge in [0.1, 0.15) is 5.69 Å². The number of aliphatic hydroxyl groups is 1. The van der Waals surface area contributed by atoms with Gasteiger partial charge in [0, 0.05) is 11.6 Å². The Kier molecular flexibility index (Phi) is 5.90. The molecule has 0 atom stereocenters. The quantitative estimate of drug-likeness (QED) is 0.780. The predicted molar refractivity (Wildman–Crippen MR) is 84.5 cm³/mol. The molecule has 0 bridgehead atoms. The van der Waals surface area contributed by atoms with Gasteiger partial charge in [-0.3, -0.25) is 0 Å². The van der Waals surface area contributed by atoms with Crippen LogP contribution < -0.4 is 10.6 Å². The maximum Gasteiger partial charge on any atom is 0.319 e. The first kappa shape index (κ1) is 17.2. The van der Waals surface area contributed by atoms with Gasteiger partial charge in [0.2, 0.25) is 0 Å². The fraction of sp³-hybridized carbons (Fsp3) is 0.188. The molecular formula is C16H15ClF2N2O2. The summed E-state index contributed by atoms with van der Waals surface area (Å²) in [6.45, 7) is 0.264. The number of benzene rings is 2. The van der Waals surface area contributed by atoms with Crippen molar-refractivity contribution in [3.05, 3.63) is 64.2 Å². The lowest BCUT2D eigenvalue weighted by Gasteiger charge is -2.10. The van der Waals surface area contributed by atoms with Crippen LogP contribution in [0.4, 0.5) is 19.3 Å². The van der Waals surface area contributed by atoms with E-state index in [4.69, 9.17) is 16.7 Å². The zero-order valence-corrected chi connectivity index (χ0v) is 12.8. The van der Waals surface area contributed by atoms with E-state index in [9.17, 15) is 13.6 Å². The summed E-state index contributed by atoms with van der Waals surface area (Å²) in [5.74, 6) is -1.88. The second-order valence-electron chi connectivity index (χ2n) is 4.85. The minimum Gasteiger partial charge on any atom is -0.392 e. The highest BCUT2D eigenvalue weighted by Crippen LogP contribution is 2.23. The van der Waals surface area contributed by atoms with Gasteiger partial charge in [-0.25, -0.2) is 13.6 Å². The first-order valence-corrected chi connectivity index (χ1v) is 7.25. The number of carbonyl (C=O) groups is 1. The molecule has 0 aliphatic rings. The fourth-order valence-corrected chi connectivity index (χ4v) is 2.14. The average molecular weight is 341 g/mol. The third-order valence-corrected chi connectivity index (χ3v) is 3.37. The van der Waals surface area contributed by atoms with Crippen molar-refractivity contribution in [1.82, 2.24) is 5.32 Å². The number of nitrogens with one attached hydrogen (secondary N) is 2. The minimum atomic E-state index is -0.940. The number of rotatable bonds is 5. The van der Waals surface area contributed by atoms with Gasteiger partial charge in [0.25, 0.3) is 0 Å². The van der Waals surface area contributed by atoms with Crippen molar-refractivity contribution < 1.29 is 18.7 Å². The standard InChI is InChI=1S/C16H15ClF2N2O2/c17-12-7-13(18)15(14(19)8-12)21-16(23)20-6-5-10-1-3-11(9-22)4-2-10/h1-4,7-8,22H,5-6,9H2,(H2,20,21,23). The third-order valence-electron chi connectivity index (χ3n) is 3.15. The predicted octanol–water partition coefficient (Wildman–Crippen LogP) is 3.47. The molecule has 0 radical (unpaired) electrons. The Morgan fingerprint density at radius 3 is 2.22 bits per heavy atom. The van der Waals surface area contributed by atoms with Gasteiger partial charge < -0.3 is 15.7 Å². The van der Waals surface area contributed by atoms with Gasteiger partial charge in [-0.15, -0.1) is 0 Å². The Hall–Kier alpha value is -2.18. The van der Waals surface area contributed by atoms with E-state index in [0.29, 0.717) is 13.0 Å². The van der Waals surface area contributed by atoms with Crippen LogP contribution in [0.15, 0.2) is 36.4 Å². The average Bonchev–Trinajstić information content (AvgIpc) is 2.51. The molecule has 2 aromatic carbocycles. The Morgan fingerprint density at radius 2 is 1.65 bits per heavy atom. The van der Waals surface area contributed by atoms with Crippen LogP contribution >= 0.6 is 11.6 Å². The van der Waals surface area contributed by atoms with E-state index in [1.807, 2.05) is 12.1 Å². The molecule has 3 N–H and O–H groups in total. The van der Waals surface area contributed by atoms with E-state index >= 15 is 0 Å². The Bertz CT molecular complexity index is 670. The molecule has 0 saturated heterocycles. The summed E-state index contributed by atoms with van der Waals surface area (Å²) in [7, 11) is 0. The molecule has 0 heterocycles. The van der Waals surface area contributed by atoms with Crippen LogP contribution in [0.2, 0.25) is 5.02 Å². The van der Waals surface area contributed by atoms with Gasteiger partial charge in [-0.05, 0) is 29.7 Å². The highest BCUT2D eigenvalue weighted by molar-refractivity contribution is 6.30. The van der Waals surface area contributed by atoms with Crippen molar-refractivity contribution in [1.29, 1.82) is 0 Å². The van der Waals surface area contributed by atoms with Crippen molar-refractivity contribution in [3.63, 3.8) is 0 Å². The lowest BCUT2D eigenvalue weighted by atomic mass is 10.1. The molecule has 0 aliphatic heterocycles. The smallest absolute Gasteiger partial charge is 0.319 e. The monoisotopic (exact) mass is 340 g/mol. The van der Waals surface area contributed by atoms with Crippen molar-refractivity contribution in [2.45, 2.75) is 13.0 Å². The van der Waals surface area contributed by atoms with Crippen LogP contribution in [0, 0.1) is 11.6 Å². The van der Waals surface area contributed by atoms with Crippen LogP contribution in [0.1, 0.15) is 11.1 Å². The molecule has 0 spiro atoms. The van der Waals surface area contributed by atoms with E-state index < -0.39 is 23.4 Å². The minimum absolute atomic E-state index is 0.0286. The summed E-state index contributed by atoms with van der Waals surface area (Å²) in [4.78, 5) is 11.7.